The molecule has 0 radical (unpaired) electrons. The molecule has 0 aliphatic heterocycles. The molecule has 4 nitrogen and oxygen atoms in total. The van der Waals surface area contributed by atoms with Crippen molar-refractivity contribution in [2.24, 2.45) is 64.6 Å². The SMILES string of the molecule is CC(C)C1C=CC=CC1(OC(=O)C1C(C(=O)OC2(C(C)C)C=CC=CC2C(C)C)C2C=CC1C2(C)C)C(C)C. The number of carbonyl (C=O) groups is 2. The number of hydrogen-bond donors (Lipinski definition) is 0. The summed E-state index contributed by atoms with van der Waals surface area (Å²) in [5.74, 6) is -0.972. The maximum atomic E-state index is 14.3. The monoisotopic (exact) mass is 534 g/mol. The van der Waals surface area contributed by atoms with E-state index in [0.717, 1.165) is 0 Å². The number of hydrogen-bond acceptors (Lipinski definition) is 4. The predicted octanol–water partition coefficient (Wildman–Crippen LogP) is 7.73. The van der Waals surface area contributed by atoms with Gasteiger partial charge in [-0.2, -0.15) is 0 Å². The second-order valence-electron chi connectivity index (χ2n) is 14.2. The fraction of sp³-hybridized carbons (Fsp3) is 0.657. The Balaban J connectivity index is 1.70. The highest BCUT2D eigenvalue weighted by Gasteiger charge is 2.64. The molecule has 4 heteroatoms. The number of allylic oxidation sites excluding steroid dienone is 6. The van der Waals surface area contributed by atoms with Crippen LogP contribution in [0.25, 0.3) is 0 Å². The minimum absolute atomic E-state index is 0.0640. The van der Waals surface area contributed by atoms with Crippen molar-refractivity contribution in [3.8, 4) is 0 Å². The van der Waals surface area contributed by atoms with Crippen LogP contribution in [-0.2, 0) is 19.1 Å². The second-order valence-corrected chi connectivity index (χ2v) is 14.2. The van der Waals surface area contributed by atoms with Gasteiger partial charge in [0.2, 0.25) is 0 Å². The number of fused-ring (bicyclic) bond motifs is 2. The van der Waals surface area contributed by atoms with Gasteiger partial charge in [0.1, 0.15) is 11.2 Å². The molecule has 4 rings (SSSR count). The van der Waals surface area contributed by atoms with E-state index < -0.39 is 23.0 Å². The Morgan fingerprint density at radius 2 is 0.949 bits per heavy atom. The van der Waals surface area contributed by atoms with Crippen LogP contribution < -0.4 is 0 Å². The van der Waals surface area contributed by atoms with E-state index in [1.165, 1.54) is 0 Å². The van der Waals surface area contributed by atoms with Crippen LogP contribution >= 0.6 is 0 Å². The minimum Gasteiger partial charge on any atom is -0.454 e. The average molecular weight is 535 g/mol. The molecule has 4 aliphatic carbocycles. The van der Waals surface area contributed by atoms with Crippen molar-refractivity contribution in [3.63, 3.8) is 0 Å². The molecular formula is C35H50O4. The van der Waals surface area contributed by atoms with Gasteiger partial charge in [0, 0.05) is 11.8 Å². The third-order valence-corrected chi connectivity index (χ3v) is 10.4. The van der Waals surface area contributed by atoms with Crippen molar-refractivity contribution in [2.75, 3.05) is 0 Å². The Kier molecular flexibility index (Phi) is 8.02. The predicted molar refractivity (Wildman–Crippen MR) is 157 cm³/mol. The topological polar surface area (TPSA) is 52.6 Å². The van der Waals surface area contributed by atoms with E-state index in [9.17, 15) is 9.59 Å². The molecule has 2 bridgehead atoms. The van der Waals surface area contributed by atoms with E-state index in [-0.39, 0.29) is 52.9 Å². The van der Waals surface area contributed by atoms with E-state index in [1.54, 1.807) is 0 Å². The van der Waals surface area contributed by atoms with Gasteiger partial charge < -0.3 is 9.47 Å². The van der Waals surface area contributed by atoms with Gasteiger partial charge in [-0.15, -0.1) is 0 Å². The molecule has 4 aliphatic rings. The molecule has 8 unspecified atom stereocenters. The van der Waals surface area contributed by atoms with Crippen molar-refractivity contribution in [3.05, 3.63) is 60.8 Å². The van der Waals surface area contributed by atoms with Gasteiger partial charge in [-0.1, -0.05) is 118 Å². The Morgan fingerprint density at radius 3 is 1.26 bits per heavy atom. The van der Waals surface area contributed by atoms with Crippen molar-refractivity contribution >= 4 is 11.9 Å². The highest BCUT2D eigenvalue weighted by atomic mass is 16.6. The molecule has 0 spiro atoms. The van der Waals surface area contributed by atoms with Crippen LogP contribution in [0.2, 0.25) is 0 Å². The minimum atomic E-state index is -0.747. The summed E-state index contributed by atoms with van der Waals surface area (Å²) in [7, 11) is 0. The van der Waals surface area contributed by atoms with E-state index in [1.807, 2.05) is 24.3 Å². The fourth-order valence-electron chi connectivity index (χ4n) is 8.02. The number of carbonyl (C=O) groups excluding carboxylic acids is 2. The van der Waals surface area contributed by atoms with Gasteiger partial charge in [-0.3, -0.25) is 9.59 Å². The quantitative estimate of drug-likeness (QED) is 0.236. The molecule has 0 saturated heterocycles. The first-order valence-corrected chi connectivity index (χ1v) is 15.1. The highest BCUT2D eigenvalue weighted by molar-refractivity contribution is 5.85. The normalized spacial score (nSPS) is 38.0. The lowest BCUT2D eigenvalue weighted by atomic mass is 9.70. The molecule has 0 aromatic carbocycles. The fourth-order valence-corrected chi connectivity index (χ4v) is 8.02. The largest absolute Gasteiger partial charge is 0.454 e. The van der Waals surface area contributed by atoms with Gasteiger partial charge in [-0.05, 0) is 53.1 Å². The van der Waals surface area contributed by atoms with Crippen molar-refractivity contribution in [2.45, 2.75) is 80.4 Å². The van der Waals surface area contributed by atoms with Crippen LogP contribution in [0, 0.1) is 64.6 Å². The lowest BCUT2D eigenvalue weighted by Crippen LogP contribution is -2.52. The first-order chi connectivity index (χ1) is 18.2. The van der Waals surface area contributed by atoms with Crippen LogP contribution in [0.5, 0.6) is 0 Å². The van der Waals surface area contributed by atoms with Crippen molar-refractivity contribution in [1.29, 1.82) is 0 Å². The third kappa shape index (κ3) is 4.70. The molecule has 0 aromatic rings. The molecule has 8 atom stereocenters. The molecule has 0 N–H and O–H groups in total. The molecular weight excluding hydrogens is 484 g/mol. The van der Waals surface area contributed by atoms with Crippen LogP contribution in [0.15, 0.2) is 60.8 Å². The Labute approximate surface area is 236 Å². The average Bonchev–Trinajstić information content (AvgIpc) is 3.28. The van der Waals surface area contributed by atoms with Gasteiger partial charge in [0.25, 0.3) is 0 Å². The molecule has 214 valence electrons. The Hall–Kier alpha value is -2.36. The molecule has 0 heterocycles. The van der Waals surface area contributed by atoms with Gasteiger partial charge in [-0.25, -0.2) is 0 Å². The lowest BCUT2D eigenvalue weighted by molar-refractivity contribution is -0.183. The van der Waals surface area contributed by atoms with E-state index in [4.69, 9.17) is 9.47 Å². The van der Waals surface area contributed by atoms with Crippen molar-refractivity contribution < 1.29 is 19.1 Å². The number of ether oxygens (including phenoxy) is 2. The summed E-state index contributed by atoms with van der Waals surface area (Å²) in [4.78, 5) is 28.6. The third-order valence-electron chi connectivity index (χ3n) is 10.4. The zero-order valence-corrected chi connectivity index (χ0v) is 25.7. The van der Waals surface area contributed by atoms with E-state index >= 15 is 0 Å². The summed E-state index contributed by atoms with van der Waals surface area (Å²) in [5, 5.41) is 0. The summed E-state index contributed by atoms with van der Waals surface area (Å²) in [6.45, 7) is 21.5. The summed E-state index contributed by atoms with van der Waals surface area (Å²) in [6, 6.07) is 0. The van der Waals surface area contributed by atoms with Crippen LogP contribution in [0.1, 0.15) is 69.2 Å². The standard InChI is InChI=1S/C35H50O4/c1-21(2)25-15-11-13-19-34(25,23(5)6)38-31(36)29-27-17-18-28(33(27,9)10)30(29)32(37)39-35(24(7)8)20-14-12-16-26(35)22(3)4/h11-30H,1-10H3. The molecule has 1 fully saturated rings. The zero-order valence-electron chi connectivity index (χ0n) is 25.7. The summed E-state index contributed by atoms with van der Waals surface area (Å²) in [5.41, 5.74) is -1.73. The van der Waals surface area contributed by atoms with Crippen molar-refractivity contribution in [1.82, 2.24) is 0 Å². The summed E-state index contributed by atoms with van der Waals surface area (Å²) in [6.07, 6.45) is 20.8. The van der Waals surface area contributed by atoms with E-state index in [2.05, 4.69) is 106 Å². The Morgan fingerprint density at radius 1 is 0.590 bits per heavy atom. The lowest BCUT2D eigenvalue weighted by Gasteiger charge is -2.45. The number of rotatable bonds is 8. The maximum absolute atomic E-state index is 14.3. The molecule has 0 amide bonds. The Bertz CT molecular complexity index is 1020. The molecule has 39 heavy (non-hydrogen) atoms. The van der Waals surface area contributed by atoms with Gasteiger partial charge in [0.15, 0.2) is 0 Å². The maximum Gasteiger partial charge on any atom is 0.311 e. The summed E-state index contributed by atoms with van der Waals surface area (Å²) >= 11 is 0. The highest BCUT2D eigenvalue weighted by Crippen LogP contribution is 2.61. The second kappa shape index (κ2) is 10.6. The van der Waals surface area contributed by atoms with Crippen LogP contribution in [-0.4, -0.2) is 23.1 Å². The van der Waals surface area contributed by atoms with E-state index in [0.29, 0.717) is 11.8 Å². The first kappa shape index (κ1) is 29.6. The first-order valence-electron chi connectivity index (χ1n) is 15.1. The molecule has 0 aromatic heterocycles. The van der Waals surface area contributed by atoms with Crippen LogP contribution in [0.4, 0.5) is 0 Å². The summed E-state index contributed by atoms with van der Waals surface area (Å²) < 4.78 is 13.2. The van der Waals surface area contributed by atoms with Gasteiger partial charge >= 0.3 is 11.9 Å². The molecule has 1 saturated carbocycles. The van der Waals surface area contributed by atoms with Gasteiger partial charge in [0.05, 0.1) is 11.8 Å². The zero-order chi connectivity index (χ0) is 28.9. The van der Waals surface area contributed by atoms with Crippen LogP contribution in [0.3, 0.4) is 0 Å². The number of esters is 2. The smallest absolute Gasteiger partial charge is 0.311 e.